The van der Waals surface area contributed by atoms with E-state index in [-0.39, 0.29) is 5.69 Å². The Morgan fingerprint density at radius 1 is 1.14 bits per heavy atom. The van der Waals surface area contributed by atoms with Gasteiger partial charge in [-0.15, -0.1) is 0 Å². The summed E-state index contributed by atoms with van der Waals surface area (Å²) in [6.45, 7) is 1.23. The van der Waals surface area contributed by atoms with Crippen molar-refractivity contribution in [1.29, 1.82) is 0 Å². The van der Waals surface area contributed by atoms with E-state index in [2.05, 4.69) is 5.32 Å². The van der Waals surface area contributed by atoms with Gasteiger partial charge in [-0.05, 0) is 29.8 Å². The van der Waals surface area contributed by atoms with Gasteiger partial charge in [0.25, 0.3) is 0 Å². The zero-order chi connectivity index (χ0) is 15.6. The third kappa shape index (κ3) is 3.76. The highest BCUT2D eigenvalue weighted by molar-refractivity contribution is 6.33. The summed E-state index contributed by atoms with van der Waals surface area (Å²) in [4.78, 5) is 11.1. The Hall–Kier alpha value is -2.01. The highest BCUT2D eigenvalue weighted by Gasteiger charge is 2.31. The van der Waals surface area contributed by atoms with E-state index in [4.69, 9.17) is 11.6 Å². The van der Waals surface area contributed by atoms with Gasteiger partial charge in [-0.3, -0.25) is 4.79 Å². The third-order valence-corrected chi connectivity index (χ3v) is 3.10. The summed E-state index contributed by atoms with van der Waals surface area (Å²) in [5.41, 5.74) is -0.00745. The van der Waals surface area contributed by atoms with Crippen molar-refractivity contribution >= 4 is 23.2 Å². The minimum absolute atomic E-state index is 0.0762. The van der Waals surface area contributed by atoms with Gasteiger partial charge in [-0.1, -0.05) is 29.8 Å². The standard InChI is InChI=1S/C15H11ClF3NO/c1-9(21)20-12-7-10(6-11(8-12)15(17,18)19)13-4-2-3-5-14(13)16/h2-8H,1H3,(H,20,21). The van der Waals surface area contributed by atoms with E-state index >= 15 is 0 Å². The maximum Gasteiger partial charge on any atom is 0.416 e. The van der Waals surface area contributed by atoms with E-state index in [0.717, 1.165) is 12.1 Å². The maximum absolute atomic E-state index is 13.0. The summed E-state index contributed by atoms with van der Waals surface area (Å²) in [6, 6.07) is 9.93. The average Bonchev–Trinajstić information content (AvgIpc) is 2.37. The van der Waals surface area contributed by atoms with Crippen LogP contribution in [0.25, 0.3) is 11.1 Å². The van der Waals surface area contributed by atoms with Crippen LogP contribution in [-0.2, 0) is 11.0 Å². The van der Waals surface area contributed by atoms with Gasteiger partial charge in [0.05, 0.1) is 5.56 Å². The van der Waals surface area contributed by atoms with E-state index in [1.807, 2.05) is 0 Å². The van der Waals surface area contributed by atoms with Crippen molar-refractivity contribution in [3.63, 3.8) is 0 Å². The summed E-state index contributed by atoms with van der Waals surface area (Å²) in [7, 11) is 0. The van der Waals surface area contributed by atoms with Gasteiger partial charge >= 0.3 is 6.18 Å². The normalized spacial score (nSPS) is 11.3. The van der Waals surface area contributed by atoms with Gasteiger partial charge in [-0.25, -0.2) is 0 Å². The minimum atomic E-state index is -4.51. The lowest BCUT2D eigenvalue weighted by Gasteiger charge is -2.13. The molecule has 2 aromatic rings. The zero-order valence-corrected chi connectivity index (χ0v) is 11.7. The Morgan fingerprint density at radius 3 is 2.38 bits per heavy atom. The number of nitrogens with one attached hydrogen (secondary N) is 1. The van der Waals surface area contributed by atoms with Gasteiger partial charge in [0.2, 0.25) is 5.91 Å². The number of rotatable bonds is 2. The van der Waals surface area contributed by atoms with Gasteiger partial charge < -0.3 is 5.32 Å². The fourth-order valence-electron chi connectivity index (χ4n) is 1.92. The Bertz CT molecular complexity index is 683. The molecule has 1 N–H and O–H groups in total. The number of alkyl halides is 3. The summed E-state index contributed by atoms with van der Waals surface area (Å²) in [5, 5.41) is 2.70. The van der Waals surface area contributed by atoms with Crippen molar-refractivity contribution in [3.05, 3.63) is 53.1 Å². The van der Waals surface area contributed by atoms with Gasteiger partial charge in [0.1, 0.15) is 0 Å². The van der Waals surface area contributed by atoms with Crippen molar-refractivity contribution in [3.8, 4) is 11.1 Å². The Labute approximate surface area is 124 Å². The van der Waals surface area contributed by atoms with Gasteiger partial charge in [-0.2, -0.15) is 13.2 Å². The second-order valence-corrected chi connectivity index (χ2v) is 4.87. The third-order valence-electron chi connectivity index (χ3n) is 2.77. The van der Waals surface area contributed by atoms with Crippen LogP contribution in [0.15, 0.2) is 42.5 Å². The first-order chi connectivity index (χ1) is 9.77. The highest BCUT2D eigenvalue weighted by atomic mass is 35.5. The smallest absolute Gasteiger partial charge is 0.326 e. The van der Waals surface area contributed by atoms with Crippen molar-refractivity contribution in [1.82, 2.24) is 0 Å². The molecule has 2 aromatic carbocycles. The van der Waals surface area contributed by atoms with Crippen molar-refractivity contribution in [2.45, 2.75) is 13.1 Å². The van der Waals surface area contributed by atoms with E-state index in [9.17, 15) is 18.0 Å². The molecule has 0 aliphatic heterocycles. The van der Waals surface area contributed by atoms with Crippen molar-refractivity contribution in [2.24, 2.45) is 0 Å². The SMILES string of the molecule is CC(=O)Nc1cc(-c2ccccc2Cl)cc(C(F)(F)F)c1. The molecular weight excluding hydrogens is 303 g/mol. The number of hydrogen-bond acceptors (Lipinski definition) is 1. The maximum atomic E-state index is 13.0. The fraction of sp³-hybridized carbons (Fsp3) is 0.133. The molecule has 0 radical (unpaired) electrons. The van der Waals surface area contributed by atoms with Crippen LogP contribution in [0.2, 0.25) is 5.02 Å². The molecule has 0 saturated carbocycles. The van der Waals surface area contributed by atoms with Crippen LogP contribution in [0.4, 0.5) is 18.9 Å². The molecule has 0 spiro atoms. The Morgan fingerprint density at radius 2 is 1.81 bits per heavy atom. The molecule has 0 saturated heterocycles. The number of anilines is 1. The zero-order valence-electron chi connectivity index (χ0n) is 11.0. The lowest BCUT2D eigenvalue weighted by Crippen LogP contribution is -2.10. The topological polar surface area (TPSA) is 29.1 Å². The Kier molecular flexibility index (Phi) is 4.23. The predicted molar refractivity (Wildman–Crippen MR) is 76.2 cm³/mol. The molecule has 110 valence electrons. The highest BCUT2D eigenvalue weighted by Crippen LogP contribution is 2.36. The predicted octanol–water partition coefficient (Wildman–Crippen LogP) is 4.98. The van der Waals surface area contributed by atoms with Crippen LogP contribution in [-0.4, -0.2) is 5.91 Å². The van der Waals surface area contributed by atoms with E-state index in [1.165, 1.54) is 13.0 Å². The molecule has 0 bridgehead atoms. The largest absolute Gasteiger partial charge is 0.416 e. The molecule has 0 aliphatic rings. The van der Waals surface area contributed by atoms with Crippen molar-refractivity contribution in [2.75, 3.05) is 5.32 Å². The molecule has 0 heterocycles. The molecule has 6 heteroatoms. The van der Waals surface area contributed by atoms with Crippen LogP contribution in [0, 0.1) is 0 Å². The van der Waals surface area contributed by atoms with Crippen LogP contribution >= 0.6 is 11.6 Å². The summed E-state index contributed by atoms with van der Waals surface area (Å²) in [5.74, 6) is -0.445. The first-order valence-electron chi connectivity index (χ1n) is 6.02. The number of benzene rings is 2. The number of halogens is 4. The summed E-state index contributed by atoms with van der Waals surface area (Å²) >= 11 is 6.01. The lowest BCUT2D eigenvalue weighted by atomic mass is 10.0. The number of carbonyl (C=O) groups is 1. The Balaban J connectivity index is 2.60. The molecule has 21 heavy (non-hydrogen) atoms. The van der Waals surface area contributed by atoms with Gasteiger partial charge in [0.15, 0.2) is 0 Å². The van der Waals surface area contributed by atoms with E-state index in [0.29, 0.717) is 16.1 Å². The summed E-state index contributed by atoms with van der Waals surface area (Å²) < 4.78 is 38.9. The van der Waals surface area contributed by atoms with Gasteiger partial charge in [0, 0.05) is 23.2 Å². The van der Waals surface area contributed by atoms with Crippen molar-refractivity contribution < 1.29 is 18.0 Å². The quantitative estimate of drug-likeness (QED) is 0.832. The summed E-state index contributed by atoms with van der Waals surface area (Å²) in [6.07, 6.45) is -4.51. The van der Waals surface area contributed by atoms with E-state index in [1.54, 1.807) is 24.3 Å². The second-order valence-electron chi connectivity index (χ2n) is 4.46. The van der Waals surface area contributed by atoms with E-state index < -0.39 is 17.6 Å². The molecule has 0 aromatic heterocycles. The fourth-order valence-corrected chi connectivity index (χ4v) is 2.16. The van der Waals surface area contributed by atoms with Crippen LogP contribution < -0.4 is 5.32 Å². The van der Waals surface area contributed by atoms with Crippen LogP contribution in [0.5, 0.6) is 0 Å². The molecular formula is C15H11ClF3NO. The first kappa shape index (κ1) is 15.4. The van der Waals surface area contributed by atoms with Crippen LogP contribution in [0.1, 0.15) is 12.5 Å². The molecule has 2 nitrogen and oxygen atoms in total. The minimum Gasteiger partial charge on any atom is -0.326 e. The molecule has 1 amide bonds. The molecule has 0 aliphatic carbocycles. The van der Waals surface area contributed by atoms with Crippen LogP contribution in [0.3, 0.4) is 0 Å². The molecule has 0 unspecified atom stereocenters. The number of hydrogen-bond donors (Lipinski definition) is 1. The molecule has 0 atom stereocenters. The molecule has 2 rings (SSSR count). The number of amides is 1. The lowest BCUT2D eigenvalue weighted by molar-refractivity contribution is -0.137. The second kappa shape index (κ2) is 5.77. The monoisotopic (exact) mass is 313 g/mol. The average molecular weight is 314 g/mol. The molecule has 0 fully saturated rings. The first-order valence-corrected chi connectivity index (χ1v) is 6.40. The number of carbonyl (C=O) groups excluding carboxylic acids is 1.